The second kappa shape index (κ2) is 9.56. The highest BCUT2D eigenvalue weighted by molar-refractivity contribution is 5.95. The fourth-order valence-corrected chi connectivity index (χ4v) is 2.59. The van der Waals surface area contributed by atoms with Gasteiger partial charge in [0.2, 0.25) is 0 Å². The lowest BCUT2D eigenvalue weighted by molar-refractivity contribution is -0.161. The van der Waals surface area contributed by atoms with Gasteiger partial charge in [0.1, 0.15) is 0 Å². The van der Waals surface area contributed by atoms with Gasteiger partial charge in [-0.2, -0.15) is 0 Å². The Morgan fingerprint density at radius 2 is 1.65 bits per heavy atom. The van der Waals surface area contributed by atoms with Crippen LogP contribution in [0.3, 0.4) is 0 Å². The van der Waals surface area contributed by atoms with E-state index >= 15 is 0 Å². The van der Waals surface area contributed by atoms with E-state index in [1.807, 2.05) is 30.3 Å². The Morgan fingerprint density at radius 1 is 1.04 bits per heavy atom. The van der Waals surface area contributed by atoms with E-state index < -0.39 is 17.9 Å². The van der Waals surface area contributed by atoms with Gasteiger partial charge in [-0.05, 0) is 31.9 Å². The molecule has 6 nitrogen and oxygen atoms in total. The Hall–Kier alpha value is -2.89. The van der Waals surface area contributed by atoms with Crippen molar-refractivity contribution in [3.8, 4) is 0 Å². The van der Waals surface area contributed by atoms with Gasteiger partial charge in [-0.1, -0.05) is 36.4 Å². The molecule has 1 heterocycles. The zero-order valence-corrected chi connectivity index (χ0v) is 15.0. The first-order valence-corrected chi connectivity index (χ1v) is 8.63. The molecule has 0 spiro atoms. The molecule has 138 valence electrons. The third-order valence-electron chi connectivity index (χ3n) is 3.86. The zero-order chi connectivity index (χ0) is 18.9. The lowest BCUT2D eigenvalue weighted by Crippen LogP contribution is -2.28. The van der Waals surface area contributed by atoms with E-state index in [9.17, 15) is 14.4 Å². The summed E-state index contributed by atoms with van der Waals surface area (Å²) in [5.74, 6) is -2.41. The van der Waals surface area contributed by atoms with Crippen LogP contribution in [0, 0.1) is 5.92 Å². The Kier molecular flexibility index (Phi) is 7.14. The summed E-state index contributed by atoms with van der Waals surface area (Å²) in [6, 6.07) is 9.59. The normalized spacial score (nSPS) is 15.0. The average Bonchev–Trinajstić information content (AvgIpc) is 2.97. The molecule has 1 aromatic rings. The highest BCUT2D eigenvalue weighted by Crippen LogP contribution is 2.21. The molecule has 1 aromatic carbocycles. The molecule has 0 aliphatic carbocycles. The highest BCUT2D eigenvalue weighted by atomic mass is 16.6. The molecule has 0 unspecified atom stereocenters. The maximum atomic E-state index is 12.1. The number of esters is 2. The molecule has 1 aliphatic rings. The molecule has 0 aromatic heterocycles. The fourth-order valence-electron chi connectivity index (χ4n) is 2.59. The molecule has 0 radical (unpaired) electrons. The van der Waals surface area contributed by atoms with Crippen LogP contribution in [-0.4, -0.2) is 36.0 Å². The predicted molar refractivity (Wildman–Crippen MR) is 95.6 cm³/mol. The van der Waals surface area contributed by atoms with Crippen LogP contribution in [0.2, 0.25) is 0 Å². The van der Waals surface area contributed by atoms with E-state index in [1.54, 1.807) is 30.9 Å². The maximum Gasteiger partial charge on any atom is 0.320 e. The molecular weight excluding hydrogens is 334 g/mol. The lowest BCUT2D eigenvalue weighted by Gasteiger charge is -2.19. The third kappa shape index (κ3) is 5.05. The number of nitrogens with zero attached hydrogens (tertiary/aromatic N) is 1. The molecule has 0 fully saturated rings. The topological polar surface area (TPSA) is 72.9 Å². The van der Waals surface area contributed by atoms with Crippen LogP contribution in [0.15, 0.2) is 54.3 Å². The molecule has 0 saturated heterocycles. The quantitative estimate of drug-likeness (QED) is 0.528. The molecule has 2 rings (SSSR count). The van der Waals surface area contributed by atoms with Gasteiger partial charge in [-0.3, -0.25) is 14.4 Å². The summed E-state index contributed by atoms with van der Waals surface area (Å²) in [4.78, 5) is 37.8. The van der Waals surface area contributed by atoms with E-state index in [1.165, 1.54) is 6.08 Å². The zero-order valence-electron chi connectivity index (χ0n) is 15.0. The maximum absolute atomic E-state index is 12.1. The van der Waals surface area contributed by atoms with Crippen LogP contribution >= 0.6 is 0 Å². The molecule has 6 heteroatoms. The number of amides is 1. The predicted octanol–water partition coefficient (Wildman–Crippen LogP) is 2.60. The number of hydrogen-bond acceptors (Lipinski definition) is 5. The van der Waals surface area contributed by atoms with E-state index in [2.05, 4.69) is 0 Å². The lowest BCUT2D eigenvalue weighted by atomic mass is 10.0. The largest absolute Gasteiger partial charge is 0.465 e. The second-order valence-electron chi connectivity index (χ2n) is 5.66. The average molecular weight is 357 g/mol. The molecule has 0 bridgehead atoms. The van der Waals surface area contributed by atoms with E-state index in [-0.39, 0.29) is 25.5 Å². The van der Waals surface area contributed by atoms with Gasteiger partial charge >= 0.3 is 11.9 Å². The van der Waals surface area contributed by atoms with Crippen molar-refractivity contribution < 1.29 is 23.9 Å². The molecule has 0 N–H and O–H groups in total. The van der Waals surface area contributed by atoms with Gasteiger partial charge in [-0.15, -0.1) is 0 Å². The molecule has 0 atom stereocenters. The van der Waals surface area contributed by atoms with Crippen LogP contribution in [0.25, 0.3) is 0 Å². The number of carbonyl (C=O) groups excluding carboxylic acids is 3. The molecule has 1 amide bonds. The van der Waals surface area contributed by atoms with Gasteiger partial charge in [0.05, 0.1) is 19.8 Å². The summed E-state index contributed by atoms with van der Waals surface area (Å²) in [5, 5.41) is 0. The van der Waals surface area contributed by atoms with E-state index in [4.69, 9.17) is 9.47 Å². The van der Waals surface area contributed by atoms with Gasteiger partial charge in [-0.25, -0.2) is 0 Å². The number of allylic oxidation sites excluding steroid dienone is 2. The summed E-state index contributed by atoms with van der Waals surface area (Å²) in [6.45, 7) is 4.15. The van der Waals surface area contributed by atoms with Crippen molar-refractivity contribution in [3.05, 3.63) is 59.8 Å². The first kappa shape index (κ1) is 19.4. The Balaban J connectivity index is 2.13. The van der Waals surface area contributed by atoms with Gasteiger partial charge < -0.3 is 14.4 Å². The van der Waals surface area contributed by atoms with Crippen LogP contribution in [0.1, 0.15) is 25.8 Å². The first-order chi connectivity index (χ1) is 12.6. The monoisotopic (exact) mass is 357 g/mol. The number of carbonyl (C=O) groups is 3. The summed E-state index contributed by atoms with van der Waals surface area (Å²) >= 11 is 0. The minimum absolute atomic E-state index is 0.107. The Morgan fingerprint density at radius 3 is 2.23 bits per heavy atom. The number of ether oxygens (including phenoxy) is 2. The third-order valence-corrected chi connectivity index (χ3v) is 3.86. The Labute approximate surface area is 153 Å². The van der Waals surface area contributed by atoms with E-state index in [0.717, 1.165) is 5.56 Å². The van der Waals surface area contributed by atoms with Crippen molar-refractivity contribution in [1.82, 2.24) is 4.90 Å². The highest BCUT2D eigenvalue weighted by Gasteiger charge is 2.29. The summed E-state index contributed by atoms with van der Waals surface area (Å²) in [7, 11) is 0. The number of benzene rings is 1. The summed E-state index contributed by atoms with van der Waals surface area (Å²) < 4.78 is 9.93. The van der Waals surface area contributed by atoms with Crippen molar-refractivity contribution >= 4 is 17.8 Å². The van der Waals surface area contributed by atoms with Crippen molar-refractivity contribution in [2.24, 2.45) is 5.92 Å². The van der Waals surface area contributed by atoms with Gasteiger partial charge in [0.25, 0.3) is 5.91 Å². The molecule has 1 aliphatic heterocycles. The van der Waals surface area contributed by atoms with Crippen molar-refractivity contribution in [3.63, 3.8) is 0 Å². The minimum Gasteiger partial charge on any atom is -0.465 e. The second-order valence-corrected chi connectivity index (χ2v) is 5.66. The number of hydrogen-bond donors (Lipinski definition) is 0. The van der Waals surface area contributed by atoms with E-state index in [0.29, 0.717) is 12.2 Å². The first-order valence-electron chi connectivity index (χ1n) is 8.63. The smallest absolute Gasteiger partial charge is 0.320 e. The standard InChI is InChI=1S/C20H23NO5/c1-3-25-19(23)17(20(24)26-4-2)12-10-16-11-13-18(22)21(16)14-15-8-6-5-7-9-15/h5-11,13,17H,3-4,12,14H2,1-2H3/b16-10+. The van der Waals surface area contributed by atoms with Crippen molar-refractivity contribution in [2.75, 3.05) is 13.2 Å². The fraction of sp³-hybridized carbons (Fsp3) is 0.350. The van der Waals surface area contributed by atoms with Crippen LogP contribution < -0.4 is 0 Å². The SMILES string of the molecule is CCOC(=O)C(C/C=C1\C=CC(=O)N1Cc1ccccc1)C(=O)OCC. The van der Waals surface area contributed by atoms with Crippen LogP contribution in [0.5, 0.6) is 0 Å². The van der Waals surface area contributed by atoms with Crippen molar-refractivity contribution in [1.29, 1.82) is 0 Å². The summed E-state index contributed by atoms with van der Waals surface area (Å²) in [5.41, 5.74) is 1.64. The molecule has 0 saturated carbocycles. The molecule has 26 heavy (non-hydrogen) atoms. The van der Waals surface area contributed by atoms with Gasteiger partial charge in [0, 0.05) is 11.8 Å². The van der Waals surface area contributed by atoms with Crippen molar-refractivity contribution in [2.45, 2.75) is 26.8 Å². The van der Waals surface area contributed by atoms with Gasteiger partial charge in [0.15, 0.2) is 5.92 Å². The Bertz CT molecular complexity index is 690. The summed E-state index contributed by atoms with van der Waals surface area (Å²) in [6.07, 6.45) is 4.95. The minimum atomic E-state index is -1.04. The number of rotatable bonds is 8. The molecular formula is C20H23NO5. The van der Waals surface area contributed by atoms with Crippen LogP contribution in [-0.2, 0) is 30.4 Å². The van der Waals surface area contributed by atoms with Crippen LogP contribution in [0.4, 0.5) is 0 Å².